The fourth-order valence-corrected chi connectivity index (χ4v) is 11.4. The summed E-state index contributed by atoms with van der Waals surface area (Å²) >= 11 is 0. The van der Waals surface area contributed by atoms with Gasteiger partial charge in [0.1, 0.15) is 0 Å². The van der Waals surface area contributed by atoms with Crippen molar-refractivity contribution in [2.75, 3.05) is 0 Å². The highest BCUT2D eigenvalue weighted by molar-refractivity contribution is 7.61. The topological polar surface area (TPSA) is 0 Å². The molecule has 27 heavy (non-hydrogen) atoms. The van der Waals surface area contributed by atoms with E-state index in [-0.39, 0.29) is 7.92 Å². The van der Waals surface area contributed by atoms with Crippen LogP contribution in [0.25, 0.3) is 0 Å². The first-order valence-corrected chi connectivity index (χ1v) is 13.1. The van der Waals surface area contributed by atoms with Gasteiger partial charge in [0.15, 0.2) is 0 Å². The summed E-state index contributed by atoms with van der Waals surface area (Å²) in [5, 5.41) is 0.739. The first-order valence-electron chi connectivity index (χ1n) is 11.7. The first-order chi connectivity index (χ1) is 12.4. The number of hydrogen-bond acceptors (Lipinski definition) is 0. The summed E-state index contributed by atoms with van der Waals surface area (Å²) in [7, 11) is -0.152. The maximum absolute atomic E-state index is 2.50. The van der Waals surface area contributed by atoms with Crippen LogP contribution >= 0.6 is 7.92 Å². The van der Waals surface area contributed by atoms with E-state index in [4.69, 9.17) is 0 Å². The third-order valence-electron chi connectivity index (χ3n) is 6.89. The molecule has 1 aliphatic rings. The van der Waals surface area contributed by atoms with Gasteiger partial charge in [0.25, 0.3) is 0 Å². The van der Waals surface area contributed by atoms with Gasteiger partial charge in [-0.25, -0.2) is 0 Å². The quantitative estimate of drug-likeness (QED) is 0.361. The Balaban J connectivity index is 3.84. The maximum Gasteiger partial charge on any atom is 0.0133 e. The lowest BCUT2D eigenvalue weighted by Crippen LogP contribution is -2.37. The van der Waals surface area contributed by atoms with Crippen LogP contribution in [0, 0.1) is 5.41 Å². The monoisotopic (exact) mass is 392 g/mol. The van der Waals surface area contributed by atoms with Gasteiger partial charge in [0, 0.05) is 11.1 Å². The maximum atomic E-state index is 2.50. The van der Waals surface area contributed by atoms with Crippen molar-refractivity contribution in [3.8, 4) is 0 Å². The summed E-state index contributed by atoms with van der Waals surface area (Å²) < 4.78 is 0. The summed E-state index contributed by atoms with van der Waals surface area (Å²) in [4.78, 5) is 0. The van der Waals surface area contributed by atoms with Gasteiger partial charge < -0.3 is 0 Å². The Hall–Kier alpha value is -0.0900. The molecule has 0 saturated heterocycles. The Labute approximate surface area is 173 Å². The lowest BCUT2D eigenvalue weighted by Gasteiger charge is -2.50. The molecule has 1 rings (SSSR count). The second-order valence-electron chi connectivity index (χ2n) is 10.3. The molecule has 0 bridgehead atoms. The van der Waals surface area contributed by atoms with E-state index >= 15 is 0 Å². The molecule has 0 amide bonds. The highest BCUT2D eigenvalue weighted by Crippen LogP contribution is 2.69. The molecule has 0 heterocycles. The minimum atomic E-state index is -0.152. The molecule has 0 radical (unpaired) electrons. The van der Waals surface area contributed by atoms with Crippen molar-refractivity contribution in [2.45, 2.75) is 138 Å². The van der Waals surface area contributed by atoms with Crippen LogP contribution in [0.15, 0.2) is 22.3 Å². The summed E-state index contributed by atoms with van der Waals surface area (Å²) in [5.41, 5.74) is 8.21. The van der Waals surface area contributed by atoms with Crippen LogP contribution in [0.1, 0.15) is 122 Å². The zero-order chi connectivity index (χ0) is 21.2. The Morgan fingerprint density at radius 1 is 0.704 bits per heavy atom. The third-order valence-corrected chi connectivity index (χ3v) is 11.0. The molecule has 158 valence electrons. The standard InChI is InChI=1S/C26H49P/c1-13-19-20(14-2)23(26(17-5,18-6)21(19)15-3)22(16-4)27(24(7,8)9)25(10,11)12/h22H,13-18H2,1-12H3. The Morgan fingerprint density at radius 2 is 1.15 bits per heavy atom. The summed E-state index contributed by atoms with van der Waals surface area (Å²) in [6.45, 7) is 29.6. The normalized spacial score (nSPS) is 19.4. The molecule has 0 aliphatic heterocycles. The van der Waals surface area contributed by atoms with E-state index in [0.717, 1.165) is 5.66 Å². The van der Waals surface area contributed by atoms with Crippen LogP contribution in [0.4, 0.5) is 0 Å². The Bertz CT molecular complexity index is 544. The summed E-state index contributed by atoms with van der Waals surface area (Å²) in [6.07, 6.45) is 7.45. The van der Waals surface area contributed by atoms with Crippen molar-refractivity contribution in [1.29, 1.82) is 0 Å². The average molecular weight is 393 g/mol. The lowest BCUT2D eigenvalue weighted by atomic mass is 9.69. The van der Waals surface area contributed by atoms with Crippen molar-refractivity contribution in [3.05, 3.63) is 22.3 Å². The van der Waals surface area contributed by atoms with E-state index in [0.29, 0.717) is 15.7 Å². The highest BCUT2D eigenvalue weighted by atomic mass is 31.1. The largest absolute Gasteiger partial charge is 0.0882 e. The first kappa shape index (κ1) is 24.9. The second-order valence-corrected chi connectivity index (χ2v) is 14.4. The molecule has 1 heteroatoms. The van der Waals surface area contributed by atoms with Gasteiger partial charge in [-0.1, -0.05) is 96.6 Å². The van der Waals surface area contributed by atoms with E-state index in [1.165, 1.54) is 38.5 Å². The van der Waals surface area contributed by atoms with Gasteiger partial charge in [-0.3, -0.25) is 0 Å². The molecule has 1 atom stereocenters. The molecular weight excluding hydrogens is 343 g/mol. The Kier molecular flexibility index (Phi) is 8.46. The Morgan fingerprint density at radius 3 is 1.41 bits per heavy atom. The minimum Gasteiger partial charge on any atom is -0.0882 e. The smallest absolute Gasteiger partial charge is 0.0133 e. The summed E-state index contributed by atoms with van der Waals surface area (Å²) in [6, 6.07) is 0. The zero-order valence-electron chi connectivity index (χ0n) is 20.8. The highest BCUT2D eigenvalue weighted by Gasteiger charge is 2.50. The van der Waals surface area contributed by atoms with Crippen LogP contribution in [0.3, 0.4) is 0 Å². The van der Waals surface area contributed by atoms with E-state index in [9.17, 15) is 0 Å². The second kappa shape index (κ2) is 9.15. The van der Waals surface area contributed by atoms with Gasteiger partial charge in [-0.2, -0.15) is 0 Å². The molecule has 1 aliphatic carbocycles. The lowest BCUT2D eigenvalue weighted by molar-refractivity contribution is 0.379. The van der Waals surface area contributed by atoms with Crippen LogP contribution in [0.2, 0.25) is 0 Å². The fraction of sp³-hybridized carbons (Fsp3) is 0.846. The van der Waals surface area contributed by atoms with Crippen molar-refractivity contribution < 1.29 is 0 Å². The molecule has 0 fully saturated rings. The number of hydrogen-bond donors (Lipinski definition) is 0. The molecule has 0 aromatic heterocycles. The number of allylic oxidation sites excluding steroid dienone is 4. The van der Waals surface area contributed by atoms with Gasteiger partial charge in [-0.05, 0) is 65.6 Å². The molecule has 0 aromatic rings. The SMILES string of the molecule is CCC1=C(CC)C(CC)(CC)C(C(CC)P(C(C)(C)C)C(C)(C)C)=C1CC. The van der Waals surface area contributed by atoms with E-state index in [2.05, 4.69) is 83.1 Å². The molecule has 0 N–H and O–H groups in total. The molecule has 0 saturated carbocycles. The van der Waals surface area contributed by atoms with Crippen LogP contribution in [0.5, 0.6) is 0 Å². The van der Waals surface area contributed by atoms with Crippen molar-refractivity contribution >= 4 is 7.92 Å². The van der Waals surface area contributed by atoms with E-state index < -0.39 is 0 Å². The number of rotatable bonds is 8. The van der Waals surface area contributed by atoms with E-state index in [1.807, 2.05) is 5.57 Å². The van der Waals surface area contributed by atoms with Gasteiger partial charge in [0.05, 0.1) is 0 Å². The van der Waals surface area contributed by atoms with Crippen molar-refractivity contribution in [1.82, 2.24) is 0 Å². The van der Waals surface area contributed by atoms with Crippen LogP contribution in [-0.2, 0) is 0 Å². The third kappa shape index (κ3) is 4.42. The molecule has 0 aromatic carbocycles. The zero-order valence-corrected chi connectivity index (χ0v) is 21.7. The van der Waals surface area contributed by atoms with Crippen molar-refractivity contribution in [3.63, 3.8) is 0 Å². The predicted octanol–water partition coefficient (Wildman–Crippen LogP) is 9.49. The fourth-order valence-electron chi connectivity index (χ4n) is 6.50. The molecule has 1 unspecified atom stereocenters. The molecule has 0 nitrogen and oxygen atoms in total. The van der Waals surface area contributed by atoms with Crippen LogP contribution in [-0.4, -0.2) is 16.0 Å². The summed E-state index contributed by atoms with van der Waals surface area (Å²) in [5.74, 6) is 0. The average Bonchev–Trinajstić information content (AvgIpc) is 2.85. The molecular formula is C26H49P. The minimum absolute atomic E-state index is 0.152. The van der Waals surface area contributed by atoms with Gasteiger partial charge >= 0.3 is 0 Å². The van der Waals surface area contributed by atoms with Gasteiger partial charge in [0.2, 0.25) is 0 Å². The van der Waals surface area contributed by atoms with Crippen molar-refractivity contribution in [2.24, 2.45) is 5.41 Å². The van der Waals surface area contributed by atoms with Gasteiger partial charge in [-0.15, -0.1) is 0 Å². The van der Waals surface area contributed by atoms with Crippen LogP contribution < -0.4 is 0 Å². The molecule has 0 spiro atoms. The predicted molar refractivity (Wildman–Crippen MR) is 128 cm³/mol. The van der Waals surface area contributed by atoms with E-state index in [1.54, 1.807) is 16.7 Å².